The lowest BCUT2D eigenvalue weighted by molar-refractivity contribution is 0.266. The van der Waals surface area contributed by atoms with Crippen LogP contribution in [0.4, 0.5) is 0 Å². The second-order valence-electron chi connectivity index (χ2n) is 5.68. The van der Waals surface area contributed by atoms with Gasteiger partial charge in [0.2, 0.25) is 0 Å². The molecule has 108 valence electrons. The van der Waals surface area contributed by atoms with E-state index in [-0.39, 0.29) is 9.52 Å². The SMILES string of the molecule is CCCCN(CCCC)CCC[SiH2]CC=C(C)C. The average molecular weight is 270 g/mol. The van der Waals surface area contributed by atoms with Crippen LogP contribution in [0, 0.1) is 0 Å². The van der Waals surface area contributed by atoms with E-state index in [4.69, 9.17) is 0 Å². The van der Waals surface area contributed by atoms with E-state index in [1.807, 2.05) is 0 Å². The number of allylic oxidation sites excluding steroid dienone is 2. The molecule has 18 heavy (non-hydrogen) atoms. The first kappa shape index (κ1) is 17.9. The highest BCUT2D eigenvalue weighted by molar-refractivity contribution is 6.36. The fourth-order valence-corrected chi connectivity index (χ4v) is 3.79. The molecule has 1 nitrogen and oxygen atoms in total. The molecule has 0 spiro atoms. The minimum absolute atomic E-state index is 0.184. The van der Waals surface area contributed by atoms with Crippen LogP contribution in [0.2, 0.25) is 12.1 Å². The van der Waals surface area contributed by atoms with Crippen LogP contribution < -0.4 is 0 Å². The van der Waals surface area contributed by atoms with Crippen molar-refractivity contribution in [3.8, 4) is 0 Å². The molecule has 0 aromatic carbocycles. The van der Waals surface area contributed by atoms with Crippen LogP contribution in [0.15, 0.2) is 11.6 Å². The Labute approximate surface area is 118 Å². The molecule has 0 atom stereocenters. The standard InChI is InChI=1S/C16H35NSi/c1-5-7-11-17(12-8-6-2)13-9-14-18-15-10-16(3)4/h10H,5-9,11-15,18H2,1-4H3. The first-order chi connectivity index (χ1) is 8.70. The van der Waals surface area contributed by atoms with Crippen molar-refractivity contribution in [2.45, 2.75) is 71.9 Å². The zero-order chi connectivity index (χ0) is 13.6. The Balaban J connectivity index is 3.58. The molecule has 0 bridgehead atoms. The zero-order valence-electron chi connectivity index (χ0n) is 13.3. The Hall–Kier alpha value is -0.0831. The molecular formula is C16H35NSi. The lowest BCUT2D eigenvalue weighted by Crippen LogP contribution is -2.27. The summed E-state index contributed by atoms with van der Waals surface area (Å²) in [5.74, 6) is 0. The smallest absolute Gasteiger partial charge is 0.0240 e. The summed E-state index contributed by atoms with van der Waals surface area (Å²) in [5, 5.41) is 0. The topological polar surface area (TPSA) is 3.24 Å². The van der Waals surface area contributed by atoms with Gasteiger partial charge in [0.25, 0.3) is 0 Å². The van der Waals surface area contributed by atoms with Gasteiger partial charge in [-0.1, -0.05) is 44.4 Å². The van der Waals surface area contributed by atoms with Crippen LogP contribution in [-0.4, -0.2) is 34.1 Å². The largest absolute Gasteiger partial charge is 0.303 e. The van der Waals surface area contributed by atoms with Gasteiger partial charge in [0.1, 0.15) is 0 Å². The summed E-state index contributed by atoms with van der Waals surface area (Å²) in [6, 6.07) is 2.94. The van der Waals surface area contributed by atoms with Crippen molar-refractivity contribution in [1.29, 1.82) is 0 Å². The number of hydrogen-bond donors (Lipinski definition) is 0. The van der Waals surface area contributed by atoms with E-state index in [9.17, 15) is 0 Å². The summed E-state index contributed by atoms with van der Waals surface area (Å²) in [7, 11) is 0.184. The maximum atomic E-state index is 2.70. The van der Waals surface area contributed by atoms with E-state index in [1.165, 1.54) is 69.4 Å². The normalized spacial score (nSPS) is 11.6. The summed E-state index contributed by atoms with van der Waals surface area (Å²) >= 11 is 0. The molecule has 0 saturated carbocycles. The highest BCUT2D eigenvalue weighted by atomic mass is 28.2. The van der Waals surface area contributed by atoms with Crippen molar-refractivity contribution in [1.82, 2.24) is 4.90 Å². The minimum Gasteiger partial charge on any atom is -0.303 e. The van der Waals surface area contributed by atoms with Crippen molar-refractivity contribution in [3.05, 3.63) is 11.6 Å². The molecule has 0 aliphatic rings. The first-order valence-corrected chi connectivity index (χ1v) is 10.1. The Morgan fingerprint density at radius 2 is 1.50 bits per heavy atom. The zero-order valence-corrected chi connectivity index (χ0v) is 14.7. The lowest BCUT2D eigenvalue weighted by atomic mass is 10.2. The predicted octanol–water partition coefficient (Wildman–Crippen LogP) is 4.25. The molecule has 0 aliphatic carbocycles. The van der Waals surface area contributed by atoms with Crippen LogP contribution >= 0.6 is 0 Å². The minimum atomic E-state index is 0.184. The van der Waals surface area contributed by atoms with Crippen molar-refractivity contribution < 1.29 is 0 Å². The number of rotatable bonds is 12. The maximum absolute atomic E-state index is 2.70. The maximum Gasteiger partial charge on any atom is 0.0240 e. The molecule has 0 amide bonds. The first-order valence-electron chi connectivity index (χ1n) is 8.06. The van der Waals surface area contributed by atoms with Crippen molar-refractivity contribution in [3.63, 3.8) is 0 Å². The summed E-state index contributed by atoms with van der Waals surface area (Å²) in [6.45, 7) is 13.0. The van der Waals surface area contributed by atoms with Gasteiger partial charge in [0.15, 0.2) is 0 Å². The summed E-state index contributed by atoms with van der Waals surface area (Å²) in [5.41, 5.74) is 1.50. The summed E-state index contributed by atoms with van der Waals surface area (Å²) < 4.78 is 0. The number of nitrogens with zero attached hydrogens (tertiary/aromatic N) is 1. The van der Waals surface area contributed by atoms with Crippen LogP contribution in [0.3, 0.4) is 0 Å². The van der Waals surface area contributed by atoms with Crippen LogP contribution in [0.1, 0.15) is 59.8 Å². The molecule has 0 radical (unpaired) electrons. The van der Waals surface area contributed by atoms with Crippen molar-refractivity contribution >= 4 is 9.52 Å². The Bertz CT molecular complexity index is 189. The molecule has 0 unspecified atom stereocenters. The molecule has 0 heterocycles. The van der Waals surface area contributed by atoms with Crippen molar-refractivity contribution in [2.24, 2.45) is 0 Å². The molecule has 2 heteroatoms. The van der Waals surface area contributed by atoms with Gasteiger partial charge in [0, 0.05) is 9.52 Å². The molecule has 0 fully saturated rings. The van der Waals surface area contributed by atoms with E-state index in [2.05, 4.69) is 38.7 Å². The quantitative estimate of drug-likeness (QED) is 0.291. The predicted molar refractivity (Wildman–Crippen MR) is 88.5 cm³/mol. The van der Waals surface area contributed by atoms with Gasteiger partial charge in [-0.15, -0.1) is 0 Å². The molecule has 0 aromatic rings. The third-order valence-electron chi connectivity index (χ3n) is 3.39. The third-order valence-corrected chi connectivity index (χ3v) is 5.08. The van der Waals surface area contributed by atoms with E-state index in [0.717, 1.165) is 0 Å². The van der Waals surface area contributed by atoms with Gasteiger partial charge >= 0.3 is 0 Å². The monoisotopic (exact) mass is 269 g/mol. The van der Waals surface area contributed by atoms with E-state index in [1.54, 1.807) is 0 Å². The molecule has 0 aromatic heterocycles. The van der Waals surface area contributed by atoms with Gasteiger partial charge in [-0.25, -0.2) is 0 Å². The Morgan fingerprint density at radius 3 is 2.00 bits per heavy atom. The number of unbranched alkanes of at least 4 members (excludes halogenated alkanes) is 2. The number of hydrogen-bond acceptors (Lipinski definition) is 1. The molecule has 0 saturated heterocycles. The van der Waals surface area contributed by atoms with Gasteiger partial charge in [0.05, 0.1) is 0 Å². The van der Waals surface area contributed by atoms with E-state index >= 15 is 0 Å². The van der Waals surface area contributed by atoms with E-state index < -0.39 is 0 Å². The van der Waals surface area contributed by atoms with Crippen molar-refractivity contribution in [2.75, 3.05) is 19.6 Å². The third kappa shape index (κ3) is 12.4. The van der Waals surface area contributed by atoms with Gasteiger partial charge < -0.3 is 4.90 Å². The Morgan fingerprint density at radius 1 is 0.944 bits per heavy atom. The summed E-state index contributed by atoms with van der Waals surface area (Å²) in [4.78, 5) is 2.70. The molecule has 0 aliphatic heterocycles. The van der Waals surface area contributed by atoms with E-state index in [0.29, 0.717) is 0 Å². The van der Waals surface area contributed by atoms with Crippen LogP contribution in [0.5, 0.6) is 0 Å². The Kier molecular flexibility index (Phi) is 13.3. The lowest BCUT2D eigenvalue weighted by Gasteiger charge is -2.21. The fraction of sp³-hybridized carbons (Fsp3) is 0.875. The average Bonchev–Trinajstić information content (AvgIpc) is 2.35. The highest BCUT2D eigenvalue weighted by Crippen LogP contribution is 2.03. The van der Waals surface area contributed by atoms with Gasteiger partial charge in [-0.05, 0) is 58.8 Å². The highest BCUT2D eigenvalue weighted by Gasteiger charge is 2.03. The fourth-order valence-electron chi connectivity index (χ4n) is 2.15. The molecule has 0 N–H and O–H groups in total. The molecule has 0 rings (SSSR count). The second-order valence-corrected chi connectivity index (χ2v) is 7.67. The summed E-state index contributed by atoms with van der Waals surface area (Å²) in [6.07, 6.45) is 9.28. The van der Waals surface area contributed by atoms with Gasteiger partial charge in [-0.3, -0.25) is 0 Å². The van der Waals surface area contributed by atoms with Crippen LogP contribution in [-0.2, 0) is 0 Å². The van der Waals surface area contributed by atoms with Crippen LogP contribution in [0.25, 0.3) is 0 Å². The second kappa shape index (κ2) is 13.4. The van der Waals surface area contributed by atoms with Gasteiger partial charge in [-0.2, -0.15) is 0 Å². The molecular weight excluding hydrogens is 234 g/mol.